The van der Waals surface area contributed by atoms with Crippen molar-refractivity contribution in [2.75, 3.05) is 11.9 Å². The van der Waals surface area contributed by atoms with Crippen LogP contribution < -0.4 is 5.32 Å². The summed E-state index contributed by atoms with van der Waals surface area (Å²) in [5, 5.41) is 71.3. The molecule has 1 aliphatic heterocycles. The molecule has 0 spiro atoms. The van der Waals surface area contributed by atoms with E-state index in [1.54, 1.807) is 0 Å². The standard InChI is InChI=1S/C27H20BrClF3N9O7/c28-18-14(7-33)22(11-1-3-12(29)4-2-11)39(25(18)27(30,31)32)8-13-9-40(38-35-13)26-21(24(44)23(43)17(10-42)47-26)34-15-5-6-16(41(45)46)20-19(15)36-48-37-20/h1-6,9,17,21,23-24,26,34,42-44H,8,10H2/t17-,21-,23-,24-,26-/m1/s1. The third-order valence-electron chi connectivity index (χ3n) is 7.65. The van der Waals surface area contributed by atoms with Crippen LogP contribution in [0.15, 0.2) is 51.7 Å². The van der Waals surface area contributed by atoms with Gasteiger partial charge in [0.25, 0.3) is 0 Å². The number of fused-ring (bicyclic) bond motifs is 1. The Morgan fingerprint density at radius 1 is 1.15 bits per heavy atom. The number of ether oxygens (including phenoxy) is 1. The summed E-state index contributed by atoms with van der Waals surface area (Å²) in [6.07, 6.45) is -9.66. The molecule has 2 aromatic carbocycles. The Morgan fingerprint density at radius 2 is 1.85 bits per heavy atom. The van der Waals surface area contributed by atoms with Gasteiger partial charge in [-0.2, -0.15) is 18.4 Å². The topological polar surface area (TPSA) is 223 Å². The number of nitro groups is 1. The molecule has 5 aromatic rings. The second-order valence-corrected chi connectivity index (χ2v) is 11.8. The molecule has 4 N–H and O–H groups in total. The Labute approximate surface area is 279 Å². The van der Waals surface area contributed by atoms with Crippen molar-refractivity contribution in [1.29, 1.82) is 5.26 Å². The Hall–Kier alpha value is -4.65. The van der Waals surface area contributed by atoms with Crippen molar-refractivity contribution >= 4 is 49.9 Å². The van der Waals surface area contributed by atoms with Crippen LogP contribution in [0.4, 0.5) is 24.5 Å². The average molecular weight is 755 g/mol. The summed E-state index contributed by atoms with van der Waals surface area (Å²) in [5.41, 5.74) is -1.92. The van der Waals surface area contributed by atoms with Crippen molar-refractivity contribution in [3.8, 4) is 17.3 Å². The van der Waals surface area contributed by atoms with Crippen molar-refractivity contribution in [2.24, 2.45) is 0 Å². The summed E-state index contributed by atoms with van der Waals surface area (Å²) in [5.74, 6) is 0. The van der Waals surface area contributed by atoms with Gasteiger partial charge in [0.15, 0.2) is 11.7 Å². The van der Waals surface area contributed by atoms with E-state index >= 15 is 0 Å². The minimum Gasteiger partial charge on any atom is -0.394 e. The van der Waals surface area contributed by atoms with Gasteiger partial charge in [-0.1, -0.05) is 28.9 Å². The fraction of sp³-hybridized carbons (Fsp3) is 0.296. The van der Waals surface area contributed by atoms with Crippen LogP contribution >= 0.6 is 27.5 Å². The number of nitro benzene ring substituents is 1. The number of non-ortho nitro benzene ring substituents is 1. The summed E-state index contributed by atoms with van der Waals surface area (Å²) in [6, 6.07) is 8.75. The van der Waals surface area contributed by atoms with Crippen molar-refractivity contribution in [1.82, 2.24) is 29.9 Å². The second kappa shape index (κ2) is 12.8. The zero-order valence-electron chi connectivity index (χ0n) is 23.8. The van der Waals surface area contributed by atoms with Crippen LogP contribution in [0.25, 0.3) is 22.3 Å². The minimum absolute atomic E-state index is 0.0374. The average Bonchev–Trinajstić information content (AvgIpc) is 3.78. The first-order chi connectivity index (χ1) is 22.8. The first kappa shape index (κ1) is 33.3. The lowest BCUT2D eigenvalue weighted by Gasteiger charge is -2.42. The highest BCUT2D eigenvalue weighted by atomic mass is 79.9. The molecule has 1 saturated heterocycles. The van der Waals surface area contributed by atoms with E-state index in [0.29, 0.717) is 5.02 Å². The van der Waals surface area contributed by atoms with E-state index < -0.39 is 70.7 Å². The van der Waals surface area contributed by atoms with E-state index in [1.165, 1.54) is 36.5 Å². The lowest BCUT2D eigenvalue weighted by atomic mass is 9.95. The van der Waals surface area contributed by atoms with E-state index in [-0.39, 0.29) is 39.2 Å². The van der Waals surface area contributed by atoms with E-state index in [1.807, 2.05) is 6.07 Å². The van der Waals surface area contributed by atoms with Gasteiger partial charge in [-0.15, -0.1) is 5.10 Å². The number of nitriles is 1. The van der Waals surface area contributed by atoms with Crippen molar-refractivity contribution in [3.63, 3.8) is 0 Å². The number of halogens is 5. The van der Waals surface area contributed by atoms with Crippen molar-refractivity contribution in [2.45, 2.75) is 43.3 Å². The molecule has 0 aliphatic carbocycles. The molecular formula is C27H20BrClF3N9O7. The number of anilines is 1. The number of rotatable bonds is 8. The van der Waals surface area contributed by atoms with Crippen molar-refractivity contribution < 1.29 is 42.8 Å². The van der Waals surface area contributed by atoms with Crippen LogP contribution in [0.2, 0.25) is 5.02 Å². The molecule has 1 aliphatic rings. The predicted octanol–water partition coefficient (Wildman–Crippen LogP) is 3.64. The fourth-order valence-electron chi connectivity index (χ4n) is 5.48. The molecular weight excluding hydrogens is 735 g/mol. The molecule has 1 fully saturated rings. The van der Waals surface area contributed by atoms with Crippen LogP contribution in [-0.2, 0) is 17.5 Å². The van der Waals surface area contributed by atoms with E-state index in [2.05, 4.69) is 46.5 Å². The molecule has 250 valence electrons. The van der Waals surface area contributed by atoms with Gasteiger partial charge in [0.05, 0.1) is 45.7 Å². The van der Waals surface area contributed by atoms with Gasteiger partial charge in [-0.05, 0) is 50.0 Å². The molecule has 6 rings (SSSR count). The maximum atomic E-state index is 14.4. The van der Waals surface area contributed by atoms with Gasteiger partial charge in [-0.3, -0.25) is 10.1 Å². The maximum absolute atomic E-state index is 14.4. The zero-order valence-corrected chi connectivity index (χ0v) is 26.1. The molecule has 0 saturated carbocycles. The quantitative estimate of drug-likeness (QED) is 0.131. The largest absolute Gasteiger partial charge is 0.432 e. The first-order valence-corrected chi connectivity index (χ1v) is 14.9. The highest BCUT2D eigenvalue weighted by molar-refractivity contribution is 9.10. The number of hydrogen-bond acceptors (Lipinski definition) is 13. The number of nitrogens with one attached hydrogen (secondary N) is 1. The summed E-state index contributed by atoms with van der Waals surface area (Å²) in [6.45, 7) is -1.27. The number of aromatic nitrogens is 6. The van der Waals surface area contributed by atoms with Gasteiger partial charge in [0.2, 0.25) is 5.52 Å². The molecule has 0 amide bonds. The highest BCUT2D eigenvalue weighted by Crippen LogP contribution is 2.44. The Bertz CT molecular complexity index is 2050. The SMILES string of the molecule is N#Cc1c(Br)c(C(F)(F)F)n(Cc2cn([C@@H]3O[C@H](CO)[C@@H](O)[C@H](O)[C@H]3Nc3ccc([N+](=O)[O-])c4nonc34)nn2)c1-c1ccc(Cl)cc1. The third-order valence-corrected chi connectivity index (χ3v) is 8.68. The Kier molecular flexibility index (Phi) is 8.84. The van der Waals surface area contributed by atoms with Crippen LogP contribution in [-0.4, -0.2) is 81.1 Å². The molecule has 5 atom stereocenters. The van der Waals surface area contributed by atoms with Gasteiger partial charge < -0.3 is 29.9 Å². The maximum Gasteiger partial charge on any atom is 0.432 e. The number of hydrogen-bond donors (Lipinski definition) is 4. The van der Waals surface area contributed by atoms with E-state index in [9.17, 15) is 43.9 Å². The first-order valence-electron chi connectivity index (χ1n) is 13.7. The number of aliphatic hydroxyl groups is 3. The number of aliphatic hydroxyl groups excluding tert-OH is 3. The molecule has 48 heavy (non-hydrogen) atoms. The summed E-state index contributed by atoms with van der Waals surface area (Å²) in [4.78, 5) is 10.7. The van der Waals surface area contributed by atoms with Crippen LogP contribution in [0.1, 0.15) is 23.2 Å². The number of benzene rings is 2. The summed E-state index contributed by atoms with van der Waals surface area (Å²) in [7, 11) is 0. The van der Waals surface area contributed by atoms with E-state index in [4.69, 9.17) is 16.3 Å². The Balaban J connectivity index is 1.40. The smallest absolute Gasteiger partial charge is 0.394 e. The molecule has 4 heterocycles. The van der Waals surface area contributed by atoms with Gasteiger partial charge >= 0.3 is 11.9 Å². The van der Waals surface area contributed by atoms with Crippen LogP contribution in [0, 0.1) is 21.4 Å². The van der Waals surface area contributed by atoms with Gasteiger partial charge in [-0.25, -0.2) is 9.31 Å². The summed E-state index contributed by atoms with van der Waals surface area (Å²) >= 11 is 8.93. The van der Waals surface area contributed by atoms with Gasteiger partial charge in [0, 0.05) is 11.1 Å². The molecule has 3 aromatic heterocycles. The second-order valence-electron chi connectivity index (χ2n) is 10.5. The molecule has 16 nitrogen and oxygen atoms in total. The van der Waals surface area contributed by atoms with Gasteiger partial charge in [0.1, 0.15) is 41.8 Å². The molecule has 0 bridgehead atoms. The predicted molar refractivity (Wildman–Crippen MR) is 160 cm³/mol. The molecule has 0 radical (unpaired) electrons. The van der Waals surface area contributed by atoms with Crippen molar-refractivity contribution in [3.05, 3.63) is 79.2 Å². The number of alkyl halides is 3. The van der Waals surface area contributed by atoms with Crippen LogP contribution in [0.3, 0.4) is 0 Å². The third kappa shape index (κ3) is 5.84. The molecule has 21 heteroatoms. The highest BCUT2D eigenvalue weighted by Gasteiger charge is 2.46. The fourth-order valence-corrected chi connectivity index (χ4v) is 6.32. The number of nitrogens with zero attached hydrogens (tertiary/aromatic N) is 8. The monoisotopic (exact) mass is 753 g/mol. The minimum atomic E-state index is -4.91. The summed E-state index contributed by atoms with van der Waals surface area (Å²) < 4.78 is 55.2. The Morgan fingerprint density at radius 3 is 2.50 bits per heavy atom. The van der Waals surface area contributed by atoms with E-state index in [0.717, 1.165) is 15.3 Å². The van der Waals surface area contributed by atoms with Crippen LogP contribution in [0.5, 0.6) is 0 Å². The molecule has 0 unspecified atom stereocenters. The zero-order chi connectivity index (χ0) is 34.5. The normalized spacial score (nSPS) is 21.4. The lowest BCUT2D eigenvalue weighted by Crippen LogP contribution is -2.59. The lowest BCUT2D eigenvalue weighted by molar-refractivity contribution is -0.383.